The largest absolute Gasteiger partial charge is 0.217 e. The quantitative estimate of drug-likeness (QED) is 0.677. The Morgan fingerprint density at radius 1 is 1.31 bits per heavy atom. The van der Waals surface area contributed by atoms with Crippen molar-refractivity contribution in [1.82, 2.24) is 14.6 Å². The lowest BCUT2D eigenvalue weighted by atomic mass is 10.3. The summed E-state index contributed by atoms with van der Waals surface area (Å²) in [4.78, 5) is 4.05. The Labute approximate surface area is 85.3 Å². The summed E-state index contributed by atoms with van der Waals surface area (Å²) in [5, 5.41) is 5.14. The van der Waals surface area contributed by atoms with Gasteiger partial charge in [-0.2, -0.15) is 5.10 Å². The van der Waals surface area contributed by atoms with E-state index >= 15 is 0 Å². The Balaban J connectivity index is 2.97. The van der Waals surface area contributed by atoms with E-state index in [9.17, 15) is 0 Å². The molecule has 2 aromatic rings. The number of hydrogen-bond donors (Lipinski definition) is 0. The van der Waals surface area contributed by atoms with E-state index in [1.807, 2.05) is 13.0 Å². The number of nitrogens with zero attached hydrogens (tertiary/aromatic N) is 3. The van der Waals surface area contributed by atoms with E-state index in [1.54, 1.807) is 11.4 Å². The van der Waals surface area contributed by atoms with Crippen molar-refractivity contribution >= 4 is 28.7 Å². The van der Waals surface area contributed by atoms with Crippen molar-refractivity contribution in [2.75, 3.05) is 0 Å². The standard InChI is InChI=1S/C8H7Cl2N3/c1-4-3-6(9)13-7(4)8(10)11-5(2)12-13/h3H,1-2H3. The molecule has 2 rings (SSSR count). The monoisotopic (exact) mass is 215 g/mol. The average Bonchev–Trinajstić information content (AvgIpc) is 2.27. The molecule has 0 amide bonds. The van der Waals surface area contributed by atoms with Crippen LogP contribution in [-0.2, 0) is 0 Å². The molecule has 0 saturated carbocycles. The van der Waals surface area contributed by atoms with Crippen LogP contribution in [-0.4, -0.2) is 14.6 Å². The molecule has 13 heavy (non-hydrogen) atoms. The third kappa shape index (κ3) is 1.28. The topological polar surface area (TPSA) is 30.2 Å². The first-order chi connectivity index (χ1) is 6.09. The molecule has 3 nitrogen and oxygen atoms in total. The minimum Gasteiger partial charge on any atom is -0.217 e. The van der Waals surface area contributed by atoms with Gasteiger partial charge in [0.15, 0.2) is 5.15 Å². The van der Waals surface area contributed by atoms with E-state index in [1.165, 1.54) is 0 Å². The van der Waals surface area contributed by atoms with E-state index in [0.29, 0.717) is 16.1 Å². The second-order valence-corrected chi connectivity index (χ2v) is 3.61. The van der Waals surface area contributed by atoms with Gasteiger partial charge >= 0.3 is 0 Å². The van der Waals surface area contributed by atoms with Gasteiger partial charge < -0.3 is 0 Å². The second-order valence-electron chi connectivity index (χ2n) is 2.86. The highest BCUT2D eigenvalue weighted by atomic mass is 35.5. The maximum Gasteiger partial charge on any atom is 0.157 e. The number of halogens is 2. The highest BCUT2D eigenvalue weighted by Crippen LogP contribution is 2.24. The van der Waals surface area contributed by atoms with Crippen molar-refractivity contribution in [2.24, 2.45) is 0 Å². The summed E-state index contributed by atoms with van der Waals surface area (Å²) in [7, 11) is 0. The average molecular weight is 216 g/mol. The molecule has 0 spiro atoms. The van der Waals surface area contributed by atoms with E-state index < -0.39 is 0 Å². The molecule has 0 atom stereocenters. The van der Waals surface area contributed by atoms with E-state index in [-0.39, 0.29) is 0 Å². The smallest absolute Gasteiger partial charge is 0.157 e. The van der Waals surface area contributed by atoms with Crippen molar-refractivity contribution < 1.29 is 0 Å². The zero-order chi connectivity index (χ0) is 9.59. The Kier molecular flexibility index (Phi) is 1.93. The van der Waals surface area contributed by atoms with E-state index in [4.69, 9.17) is 23.2 Å². The number of fused-ring (bicyclic) bond motifs is 1. The summed E-state index contributed by atoms with van der Waals surface area (Å²) < 4.78 is 1.60. The van der Waals surface area contributed by atoms with Crippen LogP contribution in [0.2, 0.25) is 10.3 Å². The van der Waals surface area contributed by atoms with Crippen LogP contribution in [0.15, 0.2) is 6.07 Å². The summed E-state index contributed by atoms with van der Waals surface area (Å²) in [5.41, 5.74) is 1.76. The van der Waals surface area contributed by atoms with Gasteiger partial charge in [-0.05, 0) is 25.5 Å². The number of aryl methyl sites for hydroxylation is 2. The Morgan fingerprint density at radius 3 is 2.69 bits per heavy atom. The van der Waals surface area contributed by atoms with Crippen molar-refractivity contribution in [3.63, 3.8) is 0 Å². The maximum atomic E-state index is 5.95. The Bertz CT molecular complexity index is 476. The summed E-state index contributed by atoms with van der Waals surface area (Å²) in [6.07, 6.45) is 0. The van der Waals surface area contributed by atoms with Crippen molar-refractivity contribution in [3.8, 4) is 0 Å². The van der Waals surface area contributed by atoms with Crippen LogP contribution in [0.5, 0.6) is 0 Å². The SMILES string of the molecule is Cc1nc(Cl)c2c(C)cc(Cl)n2n1. The molecule has 0 N–H and O–H groups in total. The zero-order valence-electron chi connectivity index (χ0n) is 7.17. The van der Waals surface area contributed by atoms with Crippen LogP contribution >= 0.6 is 23.2 Å². The first kappa shape index (κ1) is 8.78. The van der Waals surface area contributed by atoms with Gasteiger partial charge in [-0.15, -0.1) is 0 Å². The normalized spacial score (nSPS) is 11.1. The molecule has 0 fully saturated rings. The predicted octanol–water partition coefficient (Wildman–Crippen LogP) is 2.65. The summed E-state index contributed by atoms with van der Waals surface area (Å²) in [5.74, 6) is 0.606. The van der Waals surface area contributed by atoms with Crippen LogP contribution in [0, 0.1) is 13.8 Å². The molecular formula is C8H7Cl2N3. The van der Waals surface area contributed by atoms with E-state index in [0.717, 1.165) is 11.1 Å². The lowest BCUT2D eigenvalue weighted by Crippen LogP contribution is -1.98. The van der Waals surface area contributed by atoms with Crippen molar-refractivity contribution in [3.05, 3.63) is 27.8 Å². The van der Waals surface area contributed by atoms with Gasteiger partial charge in [-0.3, -0.25) is 0 Å². The third-order valence-electron chi connectivity index (χ3n) is 1.82. The molecule has 0 aliphatic carbocycles. The Morgan fingerprint density at radius 2 is 2.00 bits per heavy atom. The van der Waals surface area contributed by atoms with Crippen molar-refractivity contribution in [2.45, 2.75) is 13.8 Å². The molecule has 0 bridgehead atoms. The molecule has 68 valence electrons. The van der Waals surface area contributed by atoms with Gasteiger partial charge in [0.1, 0.15) is 16.5 Å². The predicted molar refractivity (Wildman–Crippen MR) is 52.5 cm³/mol. The van der Waals surface area contributed by atoms with Crippen LogP contribution in [0.4, 0.5) is 0 Å². The highest BCUT2D eigenvalue weighted by Gasteiger charge is 2.10. The zero-order valence-corrected chi connectivity index (χ0v) is 8.69. The van der Waals surface area contributed by atoms with Crippen LogP contribution in [0.3, 0.4) is 0 Å². The summed E-state index contributed by atoms with van der Waals surface area (Å²) >= 11 is 11.9. The van der Waals surface area contributed by atoms with Gasteiger partial charge in [0.05, 0.1) is 0 Å². The second kappa shape index (κ2) is 2.86. The van der Waals surface area contributed by atoms with Gasteiger partial charge in [0.2, 0.25) is 0 Å². The van der Waals surface area contributed by atoms with Crippen LogP contribution in [0.25, 0.3) is 5.52 Å². The van der Waals surface area contributed by atoms with Gasteiger partial charge in [-0.1, -0.05) is 23.2 Å². The molecule has 0 unspecified atom stereocenters. The van der Waals surface area contributed by atoms with Gasteiger partial charge in [-0.25, -0.2) is 9.50 Å². The first-order valence-corrected chi connectivity index (χ1v) is 4.53. The van der Waals surface area contributed by atoms with Gasteiger partial charge in [0.25, 0.3) is 0 Å². The molecule has 2 heterocycles. The molecule has 5 heteroatoms. The highest BCUT2D eigenvalue weighted by molar-refractivity contribution is 6.34. The molecule has 2 aromatic heterocycles. The molecule has 0 aliphatic heterocycles. The first-order valence-electron chi connectivity index (χ1n) is 3.77. The van der Waals surface area contributed by atoms with Gasteiger partial charge in [0, 0.05) is 0 Å². The van der Waals surface area contributed by atoms with Crippen LogP contribution in [0.1, 0.15) is 11.4 Å². The fraction of sp³-hybridized carbons (Fsp3) is 0.250. The number of aromatic nitrogens is 3. The third-order valence-corrected chi connectivity index (χ3v) is 2.36. The van der Waals surface area contributed by atoms with Crippen molar-refractivity contribution in [1.29, 1.82) is 0 Å². The fourth-order valence-corrected chi connectivity index (χ4v) is 1.93. The lowest BCUT2D eigenvalue weighted by Gasteiger charge is -1.99. The van der Waals surface area contributed by atoms with E-state index in [2.05, 4.69) is 10.1 Å². The summed E-state index contributed by atoms with van der Waals surface area (Å²) in [6.45, 7) is 3.70. The Hall–Kier alpha value is -0.800. The summed E-state index contributed by atoms with van der Waals surface area (Å²) in [6, 6.07) is 1.82. The number of hydrogen-bond acceptors (Lipinski definition) is 2. The molecular weight excluding hydrogens is 209 g/mol. The van der Waals surface area contributed by atoms with Crippen LogP contribution < -0.4 is 0 Å². The number of rotatable bonds is 0. The molecule has 0 radical (unpaired) electrons. The minimum absolute atomic E-state index is 0.442. The minimum atomic E-state index is 0.442. The lowest BCUT2D eigenvalue weighted by molar-refractivity contribution is 0.856. The molecule has 0 saturated heterocycles. The molecule has 0 aromatic carbocycles. The maximum absolute atomic E-state index is 5.95. The molecule has 0 aliphatic rings. The fourth-order valence-electron chi connectivity index (χ4n) is 1.29.